The maximum Gasteiger partial charge on any atom is 0.311 e. The SMILES string of the molecule is CCOC(=O)C/C(C)=N/c1cc(C)nn1-c1ccccc1. The molecule has 0 aliphatic carbocycles. The second-order valence-electron chi connectivity index (χ2n) is 4.72. The molecule has 0 bridgehead atoms. The van der Waals surface area contributed by atoms with Gasteiger partial charge in [0.2, 0.25) is 0 Å². The van der Waals surface area contributed by atoms with Crippen LogP contribution in [-0.4, -0.2) is 28.1 Å². The summed E-state index contributed by atoms with van der Waals surface area (Å²) in [5, 5.41) is 4.44. The fourth-order valence-corrected chi connectivity index (χ4v) is 1.98. The van der Waals surface area contributed by atoms with Crippen LogP contribution in [-0.2, 0) is 9.53 Å². The molecule has 2 aromatic rings. The summed E-state index contributed by atoms with van der Waals surface area (Å²) in [6.45, 7) is 5.90. The van der Waals surface area contributed by atoms with E-state index in [-0.39, 0.29) is 12.4 Å². The maximum atomic E-state index is 11.5. The standard InChI is InChI=1S/C16H19N3O2/c1-4-21-16(20)11-12(2)17-15-10-13(3)18-19(15)14-8-6-5-7-9-14/h5-10H,4,11H2,1-3H3/b17-12+. The Morgan fingerprint density at radius 2 is 2.05 bits per heavy atom. The van der Waals surface area contributed by atoms with E-state index in [9.17, 15) is 4.79 Å². The topological polar surface area (TPSA) is 56.5 Å². The number of hydrogen-bond acceptors (Lipinski definition) is 4. The number of aryl methyl sites for hydroxylation is 1. The van der Waals surface area contributed by atoms with Gasteiger partial charge in [-0.2, -0.15) is 5.10 Å². The van der Waals surface area contributed by atoms with Crippen LogP contribution >= 0.6 is 0 Å². The Kier molecular flexibility index (Phi) is 4.87. The van der Waals surface area contributed by atoms with Crippen LogP contribution in [0.15, 0.2) is 41.4 Å². The third-order valence-corrected chi connectivity index (χ3v) is 2.82. The molecule has 21 heavy (non-hydrogen) atoms. The number of ether oxygens (including phenoxy) is 1. The van der Waals surface area contributed by atoms with E-state index in [1.165, 1.54) is 0 Å². The van der Waals surface area contributed by atoms with Crippen LogP contribution in [0.25, 0.3) is 5.69 Å². The van der Waals surface area contributed by atoms with Crippen LogP contribution in [0.1, 0.15) is 26.0 Å². The molecule has 0 spiro atoms. The highest BCUT2D eigenvalue weighted by molar-refractivity contribution is 5.98. The Bertz CT molecular complexity index is 645. The maximum absolute atomic E-state index is 11.5. The smallest absolute Gasteiger partial charge is 0.311 e. The van der Waals surface area contributed by atoms with E-state index in [1.807, 2.05) is 50.2 Å². The number of hydrogen-bond donors (Lipinski definition) is 0. The summed E-state index contributed by atoms with van der Waals surface area (Å²) in [6.07, 6.45) is 0.187. The van der Waals surface area contributed by atoms with Gasteiger partial charge in [-0.15, -0.1) is 0 Å². The van der Waals surface area contributed by atoms with Crippen LogP contribution in [0, 0.1) is 6.92 Å². The first-order valence-electron chi connectivity index (χ1n) is 6.92. The molecule has 0 aliphatic heterocycles. The third-order valence-electron chi connectivity index (χ3n) is 2.82. The number of aliphatic imine (C=N–C) groups is 1. The van der Waals surface area contributed by atoms with Crippen molar-refractivity contribution in [3.63, 3.8) is 0 Å². The van der Waals surface area contributed by atoms with Crippen LogP contribution in [0.4, 0.5) is 5.82 Å². The summed E-state index contributed by atoms with van der Waals surface area (Å²) >= 11 is 0. The lowest BCUT2D eigenvalue weighted by atomic mass is 10.3. The Balaban J connectivity index is 2.26. The van der Waals surface area contributed by atoms with Gasteiger partial charge in [0.15, 0.2) is 5.82 Å². The van der Waals surface area contributed by atoms with E-state index < -0.39 is 0 Å². The minimum Gasteiger partial charge on any atom is -0.466 e. The van der Waals surface area contributed by atoms with Gasteiger partial charge in [-0.05, 0) is 32.9 Å². The first-order chi connectivity index (χ1) is 10.1. The van der Waals surface area contributed by atoms with Crippen molar-refractivity contribution in [2.75, 3.05) is 6.61 Å². The molecular formula is C16H19N3O2. The van der Waals surface area contributed by atoms with E-state index in [1.54, 1.807) is 11.6 Å². The lowest BCUT2D eigenvalue weighted by Crippen LogP contribution is -2.08. The molecule has 0 unspecified atom stereocenters. The van der Waals surface area contributed by atoms with E-state index in [0.29, 0.717) is 18.1 Å². The highest BCUT2D eigenvalue weighted by Crippen LogP contribution is 2.20. The molecule has 5 heteroatoms. The molecule has 110 valence electrons. The summed E-state index contributed by atoms with van der Waals surface area (Å²) < 4.78 is 6.70. The average molecular weight is 285 g/mol. The van der Waals surface area contributed by atoms with Crippen molar-refractivity contribution in [3.8, 4) is 5.69 Å². The van der Waals surface area contributed by atoms with Crippen molar-refractivity contribution >= 4 is 17.5 Å². The zero-order chi connectivity index (χ0) is 15.2. The van der Waals surface area contributed by atoms with Gasteiger partial charge in [-0.1, -0.05) is 18.2 Å². The highest BCUT2D eigenvalue weighted by Gasteiger charge is 2.09. The van der Waals surface area contributed by atoms with Gasteiger partial charge in [-0.3, -0.25) is 4.79 Å². The molecule has 0 saturated carbocycles. The van der Waals surface area contributed by atoms with E-state index in [2.05, 4.69) is 10.1 Å². The Morgan fingerprint density at radius 1 is 1.33 bits per heavy atom. The van der Waals surface area contributed by atoms with Crippen LogP contribution in [0.5, 0.6) is 0 Å². The zero-order valence-electron chi connectivity index (χ0n) is 12.5. The Morgan fingerprint density at radius 3 is 2.71 bits per heavy atom. The minimum atomic E-state index is -0.263. The first-order valence-corrected chi connectivity index (χ1v) is 6.92. The predicted molar refractivity (Wildman–Crippen MR) is 82.3 cm³/mol. The Hall–Kier alpha value is -2.43. The largest absolute Gasteiger partial charge is 0.466 e. The minimum absolute atomic E-state index is 0.187. The van der Waals surface area contributed by atoms with E-state index in [0.717, 1.165) is 11.4 Å². The van der Waals surface area contributed by atoms with Crippen LogP contribution in [0.2, 0.25) is 0 Å². The molecule has 1 heterocycles. The van der Waals surface area contributed by atoms with E-state index >= 15 is 0 Å². The molecular weight excluding hydrogens is 266 g/mol. The van der Waals surface area contributed by atoms with Gasteiger partial charge < -0.3 is 4.74 Å². The molecule has 1 aromatic heterocycles. The molecule has 1 aromatic carbocycles. The van der Waals surface area contributed by atoms with Crippen LogP contribution in [0.3, 0.4) is 0 Å². The van der Waals surface area contributed by atoms with Crippen LogP contribution < -0.4 is 0 Å². The van der Waals surface area contributed by atoms with Gasteiger partial charge in [0.25, 0.3) is 0 Å². The molecule has 5 nitrogen and oxygen atoms in total. The van der Waals surface area contributed by atoms with Crippen molar-refractivity contribution in [3.05, 3.63) is 42.1 Å². The molecule has 0 fully saturated rings. The second-order valence-corrected chi connectivity index (χ2v) is 4.72. The van der Waals surface area contributed by atoms with Gasteiger partial charge in [0, 0.05) is 11.8 Å². The molecule has 0 aliphatic rings. The predicted octanol–water partition coefficient (Wildman–Crippen LogP) is 3.23. The first kappa shape index (κ1) is 15.0. The number of benzene rings is 1. The fourth-order valence-electron chi connectivity index (χ4n) is 1.98. The second kappa shape index (κ2) is 6.83. The summed E-state index contributed by atoms with van der Waals surface area (Å²) in [5.41, 5.74) is 2.51. The molecule has 0 saturated heterocycles. The van der Waals surface area contributed by atoms with Crippen molar-refractivity contribution in [1.82, 2.24) is 9.78 Å². The number of carbonyl (C=O) groups is 1. The quantitative estimate of drug-likeness (QED) is 0.626. The summed E-state index contributed by atoms with van der Waals surface area (Å²) in [6, 6.07) is 11.7. The number of nitrogens with zero attached hydrogens (tertiary/aromatic N) is 3. The van der Waals surface area contributed by atoms with Gasteiger partial charge in [0.1, 0.15) is 0 Å². The fraction of sp³-hybridized carbons (Fsp3) is 0.312. The lowest BCUT2D eigenvalue weighted by molar-refractivity contribution is -0.141. The molecule has 0 amide bonds. The number of carbonyl (C=O) groups excluding carboxylic acids is 1. The van der Waals surface area contributed by atoms with Crippen molar-refractivity contribution in [2.45, 2.75) is 27.2 Å². The molecule has 0 atom stereocenters. The number of esters is 1. The lowest BCUT2D eigenvalue weighted by Gasteiger charge is -2.05. The van der Waals surface area contributed by atoms with Crippen molar-refractivity contribution in [1.29, 1.82) is 0 Å². The zero-order valence-corrected chi connectivity index (χ0v) is 12.5. The normalized spacial score (nSPS) is 11.5. The molecule has 2 rings (SSSR count). The summed E-state index contributed by atoms with van der Waals surface area (Å²) in [5.74, 6) is 0.446. The Labute approximate surface area is 124 Å². The number of aromatic nitrogens is 2. The van der Waals surface area contributed by atoms with Crippen molar-refractivity contribution in [2.24, 2.45) is 4.99 Å². The van der Waals surface area contributed by atoms with Gasteiger partial charge >= 0.3 is 5.97 Å². The third kappa shape index (κ3) is 4.02. The van der Waals surface area contributed by atoms with Gasteiger partial charge in [-0.25, -0.2) is 9.67 Å². The monoisotopic (exact) mass is 285 g/mol. The van der Waals surface area contributed by atoms with Crippen molar-refractivity contribution < 1.29 is 9.53 Å². The molecule has 0 N–H and O–H groups in total. The van der Waals surface area contributed by atoms with Gasteiger partial charge in [0.05, 0.1) is 24.4 Å². The summed E-state index contributed by atoms with van der Waals surface area (Å²) in [7, 11) is 0. The number of para-hydroxylation sites is 1. The molecule has 0 radical (unpaired) electrons. The number of rotatable bonds is 5. The average Bonchev–Trinajstić information content (AvgIpc) is 2.80. The highest BCUT2D eigenvalue weighted by atomic mass is 16.5. The van der Waals surface area contributed by atoms with E-state index in [4.69, 9.17) is 4.74 Å². The summed E-state index contributed by atoms with van der Waals surface area (Å²) in [4.78, 5) is 16.0.